The van der Waals surface area contributed by atoms with Gasteiger partial charge in [0.15, 0.2) is 0 Å². The summed E-state index contributed by atoms with van der Waals surface area (Å²) in [4.78, 5) is 23.8. The lowest BCUT2D eigenvalue weighted by Crippen LogP contribution is -2.26. The number of benzene rings is 2. The summed E-state index contributed by atoms with van der Waals surface area (Å²) < 4.78 is 17.2. The lowest BCUT2D eigenvalue weighted by atomic mass is 10.1. The van der Waals surface area contributed by atoms with Crippen LogP contribution in [-0.4, -0.2) is 30.8 Å². The summed E-state index contributed by atoms with van der Waals surface area (Å²) in [6.07, 6.45) is 4.25. The van der Waals surface area contributed by atoms with E-state index in [9.17, 15) is 9.59 Å². The molecule has 1 amide bonds. The highest BCUT2D eigenvalue weighted by molar-refractivity contribution is 5.98. The molecule has 7 nitrogen and oxygen atoms in total. The number of ether oxygens (including phenoxy) is 3. The van der Waals surface area contributed by atoms with Crippen molar-refractivity contribution in [2.75, 3.05) is 14.2 Å². The van der Waals surface area contributed by atoms with E-state index in [-0.39, 0.29) is 0 Å². The van der Waals surface area contributed by atoms with Crippen LogP contribution in [0.15, 0.2) is 54.7 Å². The van der Waals surface area contributed by atoms with Crippen LogP contribution in [0.1, 0.15) is 11.1 Å². The van der Waals surface area contributed by atoms with Crippen LogP contribution in [0.3, 0.4) is 0 Å². The van der Waals surface area contributed by atoms with E-state index in [1.165, 1.54) is 13.2 Å². The number of methoxy groups -OCH3 is 2. The van der Waals surface area contributed by atoms with E-state index in [4.69, 9.17) is 9.47 Å². The maximum Gasteiger partial charge on any atom is 0.412 e. The molecule has 1 heterocycles. The molecule has 2 aromatic carbocycles. The Morgan fingerprint density at radius 3 is 2.55 bits per heavy atom. The maximum atomic E-state index is 12.3. The largest absolute Gasteiger partial charge is 0.497 e. The Labute approximate surface area is 168 Å². The average Bonchev–Trinajstić information content (AvgIpc) is 3.07. The van der Waals surface area contributed by atoms with E-state index in [0.29, 0.717) is 12.3 Å². The van der Waals surface area contributed by atoms with E-state index in [1.54, 1.807) is 19.3 Å². The number of carbonyl (C=O) groups is 2. The molecule has 0 aliphatic carbocycles. The van der Waals surface area contributed by atoms with Crippen molar-refractivity contribution in [2.45, 2.75) is 6.54 Å². The van der Waals surface area contributed by atoms with E-state index in [0.717, 1.165) is 27.8 Å². The second-order valence-electron chi connectivity index (χ2n) is 6.29. The highest BCUT2D eigenvalue weighted by atomic mass is 16.6. The number of esters is 1. The predicted octanol–water partition coefficient (Wildman–Crippen LogP) is 3.66. The lowest BCUT2D eigenvalue weighted by Gasteiger charge is -2.09. The molecule has 150 valence electrons. The number of fused-ring (bicyclic) bond motifs is 1. The normalized spacial score (nSPS) is 10.9. The fraction of sp³-hybridized carbons (Fsp3) is 0.182. The molecule has 0 saturated carbocycles. The Balaban J connectivity index is 1.77. The van der Waals surface area contributed by atoms with Crippen LogP contribution >= 0.6 is 0 Å². The number of hydrogen-bond donors (Lipinski definition) is 1. The van der Waals surface area contributed by atoms with Crippen LogP contribution in [-0.2, 0) is 23.1 Å². The predicted molar refractivity (Wildman–Crippen MR) is 110 cm³/mol. The van der Waals surface area contributed by atoms with Crippen molar-refractivity contribution < 1.29 is 23.8 Å². The molecule has 0 aliphatic heterocycles. The Morgan fingerprint density at radius 2 is 1.86 bits per heavy atom. The number of aromatic nitrogens is 1. The number of rotatable bonds is 6. The molecular weight excluding hydrogens is 372 g/mol. The number of nitrogens with zero attached hydrogens (tertiary/aromatic N) is 1. The summed E-state index contributed by atoms with van der Waals surface area (Å²) >= 11 is 0. The zero-order valence-electron chi connectivity index (χ0n) is 16.5. The van der Waals surface area contributed by atoms with Crippen molar-refractivity contribution in [3.63, 3.8) is 0 Å². The van der Waals surface area contributed by atoms with Gasteiger partial charge in [0.25, 0.3) is 0 Å². The third kappa shape index (κ3) is 4.76. The molecular formula is C22H22N2O5. The van der Waals surface area contributed by atoms with Gasteiger partial charge in [-0.3, -0.25) is 0 Å². The molecule has 0 radical (unpaired) electrons. The van der Waals surface area contributed by atoms with Gasteiger partial charge in [-0.1, -0.05) is 18.2 Å². The molecule has 0 atom stereocenters. The fourth-order valence-corrected chi connectivity index (χ4v) is 2.94. The summed E-state index contributed by atoms with van der Waals surface area (Å²) in [5.41, 5.74) is 2.53. The van der Waals surface area contributed by atoms with Crippen molar-refractivity contribution >= 4 is 29.0 Å². The first-order valence-electron chi connectivity index (χ1n) is 8.94. The van der Waals surface area contributed by atoms with Crippen LogP contribution in [0.5, 0.6) is 11.5 Å². The van der Waals surface area contributed by atoms with Crippen molar-refractivity contribution in [3.05, 3.63) is 65.9 Å². The van der Waals surface area contributed by atoms with Gasteiger partial charge in [-0.15, -0.1) is 0 Å². The van der Waals surface area contributed by atoms with Crippen LogP contribution in [0, 0.1) is 0 Å². The topological polar surface area (TPSA) is 78.8 Å². The van der Waals surface area contributed by atoms with Gasteiger partial charge in [0.05, 0.1) is 19.7 Å². The zero-order valence-corrected chi connectivity index (χ0v) is 16.5. The van der Waals surface area contributed by atoms with Crippen molar-refractivity contribution in [1.29, 1.82) is 0 Å². The first-order valence-corrected chi connectivity index (χ1v) is 8.94. The third-order valence-electron chi connectivity index (χ3n) is 4.40. The van der Waals surface area contributed by atoms with Crippen molar-refractivity contribution in [1.82, 2.24) is 9.88 Å². The van der Waals surface area contributed by atoms with E-state index >= 15 is 0 Å². The van der Waals surface area contributed by atoms with Crippen molar-refractivity contribution in [2.24, 2.45) is 7.05 Å². The highest BCUT2D eigenvalue weighted by Crippen LogP contribution is 2.31. The summed E-state index contributed by atoms with van der Waals surface area (Å²) in [5.74, 6) is 0.692. The van der Waals surface area contributed by atoms with Gasteiger partial charge in [-0.25, -0.2) is 9.59 Å². The minimum atomic E-state index is -0.569. The molecule has 7 heteroatoms. The molecule has 3 rings (SSSR count). The van der Waals surface area contributed by atoms with Gasteiger partial charge in [0.2, 0.25) is 0 Å². The quantitative estimate of drug-likeness (QED) is 0.510. The monoisotopic (exact) mass is 394 g/mol. The first kappa shape index (κ1) is 20.0. The smallest absolute Gasteiger partial charge is 0.412 e. The second kappa shape index (κ2) is 8.97. The molecule has 29 heavy (non-hydrogen) atoms. The highest BCUT2D eigenvalue weighted by Gasteiger charge is 2.13. The Bertz CT molecular complexity index is 1050. The van der Waals surface area contributed by atoms with E-state index in [2.05, 4.69) is 10.1 Å². The van der Waals surface area contributed by atoms with Gasteiger partial charge in [0, 0.05) is 36.8 Å². The molecule has 0 unspecified atom stereocenters. The maximum absolute atomic E-state index is 12.3. The second-order valence-corrected chi connectivity index (χ2v) is 6.29. The van der Waals surface area contributed by atoms with Gasteiger partial charge in [0.1, 0.15) is 11.5 Å². The Hall–Kier alpha value is -3.74. The van der Waals surface area contributed by atoms with Gasteiger partial charge in [-0.2, -0.15) is 0 Å². The Kier molecular flexibility index (Phi) is 6.19. The molecule has 0 spiro atoms. The minimum Gasteiger partial charge on any atom is -0.497 e. The molecule has 1 N–H and O–H groups in total. The number of carbonyl (C=O) groups excluding carboxylic acids is 2. The average molecular weight is 394 g/mol. The van der Waals surface area contributed by atoms with Gasteiger partial charge < -0.3 is 24.1 Å². The Morgan fingerprint density at radius 1 is 1.10 bits per heavy atom. The lowest BCUT2D eigenvalue weighted by molar-refractivity contribution is -0.134. The standard InChI is InChI=1S/C22H22N2O5/c1-24-14-16(9-12-20(25)28-3)21-18(24)5-4-6-19(21)29-22(26)23-13-15-7-10-17(27-2)11-8-15/h4-12,14H,13H2,1-3H3,(H,23,26). The third-order valence-corrected chi connectivity index (χ3v) is 4.40. The number of hydrogen-bond acceptors (Lipinski definition) is 5. The number of nitrogens with one attached hydrogen (secondary N) is 1. The van der Waals surface area contributed by atoms with Crippen LogP contribution < -0.4 is 14.8 Å². The first-order chi connectivity index (χ1) is 14.0. The van der Waals surface area contributed by atoms with Gasteiger partial charge in [-0.05, 0) is 35.9 Å². The van der Waals surface area contributed by atoms with E-state index < -0.39 is 12.1 Å². The number of aryl methyl sites for hydroxylation is 1. The minimum absolute atomic E-state index is 0.322. The molecule has 0 bridgehead atoms. The SMILES string of the molecule is COC(=O)C=Cc1cn(C)c2cccc(OC(=O)NCc3ccc(OC)cc3)c12. The molecule has 3 aromatic rings. The summed E-state index contributed by atoms with van der Waals surface area (Å²) in [7, 11) is 4.80. The van der Waals surface area contributed by atoms with Gasteiger partial charge >= 0.3 is 12.1 Å². The van der Waals surface area contributed by atoms with Crippen LogP contribution in [0.4, 0.5) is 4.79 Å². The fourth-order valence-electron chi connectivity index (χ4n) is 2.94. The zero-order chi connectivity index (χ0) is 20.8. The van der Waals surface area contributed by atoms with E-state index in [1.807, 2.05) is 54.2 Å². The molecule has 0 aliphatic rings. The number of amides is 1. The van der Waals surface area contributed by atoms with Crippen molar-refractivity contribution in [3.8, 4) is 11.5 Å². The molecule has 1 aromatic heterocycles. The molecule has 0 fully saturated rings. The summed E-state index contributed by atoms with van der Waals surface area (Å²) in [6, 6.07) is 12.8. The van der Waals surface area contributed by atoms with Crippen LogP contribution in [0.25, 0.3) is 17.0 Å². The summed E-state index contributed by atoms with van der Waals surface area (Å²) in [6.45, 7) is 0.322. The van der Waals surface area contributed by atoms with Crippen LogP contribution in [0.2, 0.25) is 0 Å². The molecule has 0 saturated heterocycles. The summed E-state index contributed by atoms with van der Waals surface area (Å²) in [5, 5.41) is 3.47.